The molecule has 0 fully saturated rings. The number of hydrogen-bond donors (Lipinski definition) is 2. The quantitative estimate of drug-likeness (QED) is 0.798. The monoisotopic (exact) mass is 350 g/mol. The summed E-state index contributed by atoms with van der Waals surface area (Å²) < 4.78 is 1.07. The predicted octanol–water partition coefficient (Wildman–Crippen LogP) is 4.07. The van der Waals surface area contributed by atoms with Gasteiger partial charge in [-0.1, -0.05) is 34.1 Å². The molecule has 0 radical (unpaired) electrons. The Balaban J connectivity index is 1.95. The topological polar surface area (TPSA) is 24.1 Å². The van der Waals surface area contributed by atoms with Crippen molar-refractivity contribution >= 4 is 50.3 Å². The van der Waals surface area contributed by atoms with E-state index in [0.717, 1.165) is 15.7 Å². The van der Waals surface area contributed by atoms with Gasteiger partial charge in [-0.15, -0.1) is 11.3 Å². The molecule has 1 aliphatic rings. The maximum absolute atomic E-state index is 5.29. The van der Waals surface area contributed by atoms with Crippen molar-refractivity contribution < 1.29 is 0 Å². The Kier molecular flexibility index (Phi) is 3.68. The molecule has 19 heavy (non-hydrogen) atoms. The van der Waals surface area contributed by atoms with Crippen LogP contribution in [0.3, 0.4) is 0 Å². The summed E-state index contributed by atoms with van der Waals surface area (Å²) >= 11 is 10.5. The average molecular weight is 351 g/mol. The summed E-state index contributed by atoms with van der Waals surface area (Å²) in [4.78, 5) is 1.26. The lowest BCUT2D eigenvalue weighted by Gasteiger charge is -2.25. The molecule has 0 amide bonds. The molecule has 96 valence electrons. The molecule has 0 aliphatic carbocycles. The van der Waals surface area contributed by atoms with Gasteiger partial charge in [-0.3, -0.25) is 0 Å². The van der Waals surface area contributed by atoms with E-state index in [-0.39, 0.29) is 6.04 Å². The van der Waals surface area contributed by atoms with Gasteiger partial charge in [-0.25, -0.2) is 0 Å². The molecular weight excluding hydrogens is 340 g/mol. The Hall–Kier alpha value is -1.17. The summed E-state index contributed by atoms with van der Waals surface area (Å²) in [7, 11) is 0. The van der Waals surface area contributed by atoms with Gasteiger partial charge in [0.1, 0.15) is 0 Å². The highest BCUT2D eigenvalue weighted by atomic mass is 79.9. The lowest BCUT2D eigenvalue weighted by atomic mass is 10.1. The number of thiocarbonyl (C=S) groups is 1. The SMILES string of the molecule is S=C1NC(c2ccc(Br)cc2)=C[C@@H](c2cccs2)N1. The van der Waals surface area contributed by atoms with E-state index in [2.05, 4.69) is 62.3 Å². The molecule has 0 spiro atoms. The van der Waals surface area contributed by atoms with Gasteiger partial charge in [0, 0.05) is 15.0 Å². The molecule has 5 heteroatoms. The largest absolute Gasteiger partial charge is 0.351 e. The molecule has 0 saturated heterocycles. The van der Waals surface area contributed by atoms with E-state index in [1.807, 2.05) is 12.1 Å². The second-order valence-electron chi connectivity index (χ2n) is 4.18. The molecule has 1 aromatic carbocycles. The summed E-state index contributed by atoms with van der Waals surface area (Å²) in [6.07, 6.45) is 2.17. The molecule has 2 heterocycles. The van der Waals surface area contributed by atoms with E-state index >= 15 is 0 Å². The van der Waals surface area contributed by atoms with E-state index in [9.17, 15) is 0 Å². The fourth-order valence-corrected chi connectivity index (χ4v) is 3.22. The normalized spacial score (nSPS) is 18.5. The first-order valence-electron chi connectivity index (χ1n) is 5.81. The predicted molar refractivity (Wildman–Crippen MR) is 88.0 cm³/mol. The second kappa shape index (κ2) is 5.45. The zero-order valence-electron chi connectivity index (χ0n) is 9.89. The Morgan fingerprint density at radius 1 is 1.16 bits per heavy atom. The van der Waals surface area contributed by atoms with Crippen LogP contribution in [-0.2, 0) is 0 Å². The van der Waals surface area contributed by atoms with Crippen LogP contribution in [0, 0.1) is 0 Å². The summed E-state index contributed by atoms with van der Waals surface area (Å²) in [6, 6.07) is 12.5. The van der Waals surface area contributed by atoms with Gasteiger partial charge in [0.15, 0.2) is 5.11 Å². The van der Waals surface area contributed by atoms with Gasteiger partial charge in [0.25, 0.3) is 0 Å². The molecule has 1 atom stereocenters. The lowest BCUT2D eigenvalue weighted by molar-refractivity contribution is 0.780. The van der Waals surface area contributed by atoms with Gasteiger partial charge in [0.05, 0.1) is 6.04 Å². The smallest absolute Gasteiger partial charge is 0.171 e. The third-order valence-electron chi connectivity index (χ3n) is 2.87. The third kappa shape index (κ3) is 2.88. The molecule has 0 unspecified atom stereocenters. The zero-order chi connectivity index (χ0) is 13.2. The van der Waals surface area contributed by atoms with Crippen LogP contribution in [0.1, 0.15) is 16.5 Å². The Morgan fingerprint density at radius 3 is 2.63 bits per heavy atom. The van der Waals surface area contributed by atoms with E-state index in [4.69, 9.17) is 12.2 Å². The highest BCUT2D eigenvalue weighted by Gasteiger charge is 2.18. The van der Waals surface area contributed by atoms with Gasteiger partial charge < -0.3 is 10.6 Å². The number of hydrogen-bond acceptors (Lipinski definition) is 2. The molecule has 2 N–H and O–H groups in total. The highest BCUT2D eigenvalue weighted by Crippen LogP contribution is 2.26. The molecular formula is C14H11BrN2S2. The van der Waals surface area contributed by atoms with Crippen molar-refractivity contribution in [1.82, 2.24) is 10.6 Å². The first-order chi connectivity index (χ1) is 9.22. The second-order valence-corrected chi connectivity index (χ2v) is 6.48. The van der Waals surface area contributed by atoms with Gasteiger partial charge in [0.2, 0.25) is 0 Å². The van der Waals surface area contributed by atoms with Crippen molar-refractivity contribution in [2.75, 3.05) is 0 Å². The maximum atomic E-state index is 5.29. The van der Waals surface area contributed by atoms with Gasteiger partial charge in [-0.05, 0) is 47.4 Å². The van der Waals surface area contributed by atoms with E-state index < -0.39 is 0 Å². The number of rotatable bonds is 2. The minimum atomic E-state index is 0.146. The van der Waals surface area contributed by atoms with E-state index in [1.54, 1.807) is 11.3 Å². The molecule has 2 nitrogen and oxygen atoms in total. The fraction of sp³-hybridized carbons (Fsp3) is 0.0714. The van der Waals surface area contributed by atoms with Crippen molar-refractivity contribution in [1.29, 1.82) is 0 Å². The number of nitrogens with one attached hydrogen (secondary N) is 2. The Bertz CT molecular complexity index is 617. The fourth-order valence-electron chi connectivity index (χ4n) is 1.97. The molecule has 2 aromatic rings. The van der Waals surface area contributed by atoms with Crippen LogP contribution in [0.2, 0.25) is 0 Å². The minimum absolute atomic E-state index is 0.146. The third-order valence-corrected chi connectivity index (χ3v) is 4.58. The zero-order valence-corrected chi connectivity index (χ0v) is 13.1. The standard InChI is InChI=1S/C14H11BrN2S2/c15-10-5-3-9(4-6-10)11-8-12(17-14(18)16-11)13-2-1-7-19-13/h1-8,12H,(H2,16,17,18)/t12-/m0/s1. The number of halogens is 1. The molecule has 1 aromatic heterocycles. The molecule has 0 bridgehead atoms. The number of thiophene rings is 1. The summed E-state index contributed by atoms with van der Waals surface area (Å²) in [5.41, 5.74) is 2.18. The first kappa shape index (κ1) is 12.8. The molecule has 3 rings (SSSR count). The van der Waals surface area contributed by atoms with Crippen LogP contribution in [0.15, 0.2) is 52.3 Å². The summed E-state index contributed by atoms with van der Waals surface area (Å²) in [6.45, 7) is 0. The summed E-state index contributed by atoms with van der Waals surface area (Å²) in [5, 5.41) is 9.23. The molecule has 1 aliphatic heterocycles. The van der Waals surface area contributed by atoms with E-state index in [1.165, 1.54) is 4.88 Å². The van der Waals surface area contributed by atoms with Crippen molar-refractivity contribution in [2.45, 2.75) is 6.04 Å². The van der Waals surface area contributed by atoms with Gasteiger partial charge >= 0.3 is 0 Å². The Labute approximate surface area is 129 Å². The van der Waals surface area contributed by atoms with Crippen LogP contribution >= 0.6 is 39.5 Å². The summed E-state index contributed by atoms with van der Waals surface area (Å²) in [5.74, 6) is 0. The van der Waals surface area contributed by atoms with Crippen LogP contribution in [0.5, 0.6) is 0 Å². The van der Waals surface area contributed by atoms with Crippen molar-refractivity contribution in [3.63, 3.8) is 0 Å². The van der Waals surface area contributed by atoms with Crippen molar-refractivity contribution in [3.8, 4) is 0 Å². The van der Waals surface area contributed by atoms with E-state index in [0.29, 0.717) is 5.11 Å². The van der Waals surface area contributed by atoms with Crippen LogP contribution in [0.4, 0.5) is 0 Å². The average Bonchev–Trinajstić information content (AvgIpc) is 2.93. The first-order valence-corrected chi connectivity index (χ1v) is 7.89. The van der Waals surface area contributed by atoms with Crippen LogP contribution < -0.4 is 10.6 Å². The van der Waals surface area contributed by atoms with Crippen molar-refractivity contribution in [3.05, 3.63) is 62.8 Å². The maximum Gasteiger partial charge on any atom is 0.171 e. The minimum Gasteiger partial charge on any atom is -0.351 e. The van der Waals surface area contributed by atoms with Crippen molar-refractivity contribution in [2.24, 2.45) is 0 Å². The molecule has 0 saturated carbocycles. The van der Waals surface area contributed by atoms with Crippen LogP contribution in [-0.4, -0.2) is 5.11 Å². The van der Waals surface area contributed by atoms with Crippen LogP contribution in [0.25, 0.3) is 5.70 Å². The Morgan fingerprint density at radius 2 is 1.95 bits per heavy atom. The highest BCUT2D eigenvalue weighted by molar-refractivity contribution is 9.10. The van der Waals surface area contributed by atoms with Gasteiger partial charge in [-0.2, -0.15) is 0 Å². The lowest BCUT2D eigenvalue weighted by Crippen LogP contribution is -2.40. The number of benzene rings is 1.